The fourth-order valence-electron chi connectivity index (χ4n) is 4.82. The van der Waals surface area contributed by atoms with Crippen LogP contribution in [0.15, 0.2) is 61.3 Å². The Bertz CT molecular complexity index is 1810. The van der Waals surface area contributed by atoms with Crippen molar-refractivity contribution in [1.82, 2.24) is 24.9 Å². The minimum atomic E-state index is -4.47. The highest BCUT2D eigenvalue weighted by atomic mass is 19.4. The second-order valence-corrected chi connectivity index (χ2v) is 10.0. The SMILES string of the molecule is CNc1ccc(F)c(Nc2ncccc2-c2ncnc3nc[nH]c23)c1F.O=Cc1cc(N2CCC(O)CC2)cc(C(F)(F)F)c1. The molecule has 45 heavy (non-hydrogen) atoms. The molecule has 0 amide bonds. The van der Waals surface area contributed by atoms with Crippen LogP contribution < -0.4 is 15.5 Å². The number of nitrogens with one attached hydrogen (secondary N) is 3. The number of carbonyl (C=O) groups is 1. The lowest BCUT2D eigenvalue weighted by atomic mass is 10.0. The number of anilines is 4. The first-order valence-corrected chi connectivity index (χ1v) is 13.7. The van der Waals surface area contributed by atoms with Crippen molar-refractivity contribution < 1.29 is 31.9 Å². The van der Waals surface area contributed by atoms with E-state index in [1.54, 1.807) is 24.1 Å². The molecule has 3 aromatic heterocycles. The molecular formula is C30H27F5N8O2. The van der Waals surface area contributed by atoms with Crippen LogP contribution in [-0.2, 0) is 6.18 Å². The molecule has 1 fully saturated rings. The molecule has 0 spiro atoms. The second-order valence-electron chi connectivity index (χ2n) is 10.0. The third-order valence-corrected chi connectivity index (χ3v) is 7.12. The zero-order valence-corrected chi connectivity index (χ0v) is 23.7. The molecule has 6 rings (SSSR count). The van der Waals surface area contributed by atoms with Gasteiger partial charge < -0.3 is 25.6 Å². The van der Waals surface area contributed by atoms with Gasteiger partial charge in [0, 0.05) is 43.1 Å². The van der Waals surface area contributed by atoms with E-state index in [0.717, 1.165) is 12.1 Å². The monoisotopic (exact) mass is 626 g/mol. The Balaban J connectivity index is 0.000000187. The molecule has 0 unspecified atom stereocenters. The van der Waals surface area contributed by atoms with Crippen LogP contribution in [0.3, 0.4) is 0 Å². The van der Waals surface area contributed by atoms with Gasteiger partial charge in [0.15, 0.2) is 11.5 Å². The van der Waals surface area contributed by atoms with Crippen molar-refractivity contribution >= 4 is 40.3 Å². The number of aromatic amines is 1. The molecule has 10 nitrogen and oxygen atoms in total. The molecular weight excluding hydrogens is 599 g/mol. The average molecular weight is 627 g/mol. The van der Waals surface area contributed by atoms with Crippen LogP contribution in [0.25, 0.3) is 22.4 Å². The Morgan fingerprint density at radius 3 is 2.53 bits per heavy atom. The van der Waals surface area contributed by atoms with E-state index < -0.39 is 29.5 Å². The van der Waals surface area contributed by atoms with E-state index in [1.165, 1.54) is 37.1 Å². The van der Waals surface area contributed by atoms with Crippen molar-refractivity contribution in [1.29, 1.82) is 0 Å². The van der Waals surface area contributed by atoms with Gasteiger partial charge in [-0.15, -0.1) is 0 Å². The molecule has 2 aromatic carbocycles. The van der Waals surface area contributed by atoms with Crippen LogP contribution >= 0.6 is 0 Å². The Morgan fingerprint density at radius 2 is 1.82 bits per heavy atom. The normalized spacial score (nSPS) is 13.7. The highest BCUT2D eigenvalue weighted by molar-refractivity contribution is 5.91. The Labute approximate surface area is 253 Å². The highest BCUT2D eigenvalue weighted by Gasteiger charge is 2.32. The number of H-pyrrole nitrogens is 1. The molecule has 0 saturated carbocycles. The standard InChI is InChI=1S/C17H13F2N7.C13H14F3NO2/c1-20-11-5-4-10(18)14(12(11)19)26-16-9(3-2-6-21-16)13-15-17(24-7-22-13)25-8-23-15;14-13(15,16)10-5-9(8-18)6-11(7-10)17-3-1-12(19)2-4-17/h2-8,20H,1H3,(H,21,26)(H,22,23,24,25);5-8,12,19H,1-4H2. The van der Waals surface area contributed by atoms with Crippen molar-refractivity contribution in [3.63, 3.8) is 0 Å². The summed E-state index contributed by atoms with van der Waals surface area (Å²) in [5, 5.41) is 14.8. The van der Waals surface area contributed by atoms with Gasteiger partial charge in [0.25, 0.3) is 0 Å². The van der Waals surface area contributed by atoms with Gasteiger partial charge in [-0.3, -0.25) is 4.79 Å². The van der Waals surface area contributed by atoms with Crippen LogP contribution in [-0.4, -0.2) is 62.6 Å². The van der Waals surface area contributed by atoms with E-state index in [4.69, 9.17) is 0 Å². The number of halogens is 5. The Morgan fingerprint density at radius 1 is 1.04 bits per heavy atom. The molecule has 0 radical (unpaired) electrons. The lowest BCUT2D eigenvalue weighted by molar-refractivity contribution is -0.137. The summed E-state index contributed by atoms with van der Waals surface area (Å²) in [6.45, 7) is 0.974. The van der Waals surface area contributed by atoms with Gasteiger partial charge in [0.2, 0.25) is 0 Å². The summed E-state index contributed by atoms with van der Waals surface area (Å²) in [6.07, 6.45) is 0.988. The van der Waals surface area contributed by atoms with E-state index in [2.05, 4.69) is 35.6 Å². The molecule has 234 valence electrons. The number of carbonyl (C=O) groups excluding carboxylic acids is 1. The number of hydrogen-bond acceptors (Lipinski definition) is 9. The van der Waals surface area contributed by atoms with Gasteiger partial charge in [0.1, 0.15) is 41.1 Å². The average Bonchev–Trinajstić information content (AvgIpc) is 3.53. The topological polar surface area (TPSA) is 132 Å². The minimum Gasteiger partial charge on any atom is -0.393 e. The summed E-state index contributed by atoms with van der Waals surface area (Å²) in [4.78, 5) is 32.1. The first-order valence-electron chi connectivity index (χ1n) is 13.7. The Hall–Kier alpha value is -5.18. The molecule has 15 heteroatoms. The van der Waals surface area contributed by atoms with Crippen LogP contribution in [0.4, 0.5) is 44.8 Å². The van der Waals surface area contributed by atoms with E-state index in [0.29, 0.717) is 60.3 Å². The van der Waals surface area contributed by atoms with E-state index in [9.17, 15) is 31.9 Å². The number of nitrogens with zero attached hydrogens (tertiary/aromatic N) is 5. The molecule has 1 aliphatic heterocycles. The van der Waals surface area contributed by atoms with Gasteiger partial charge in [-0.25, -0.2) is 28.7 Å². The predicted molar refractivity (Wildman–Crippen MR) is 158 cm³/mol. The molecule has 1 saturated heterocycles. The maximum Gasteiger partial charge on any atom is 0.416 e. The van der Waals surface area contributed by atoms with E-state index >= 15 is 0 Å². The van der Waals surface area contributed by atoms with Gasteiger partial charge in [-0.05, 0) is 55.3 Å². The maximum atomic E-state index is 14.5. The maximum absolute atomic E-state index is 14.5. The number of fused-ring (bicyclic) bond motifs is 1. The lowest BCUT2D eigenvalue weighted by Crippen LogP contribution is -2.36. The molecule has 0 atom stereocenters. The first-order chi connectivity index (χ1) is 21.6. The number of aldehydes is 1. The van der Waals surface area contributed by atoms with Crippen molar-refractivity contribution in [2.75, 3.05) is 35.7 Å². The van der Waals surface area contributed by atoms with Crippen LogP contribution in [0.2, 0.25) is 0 Å². The highest BCUT2D eigenvalue weighted by Crippen LogP contribution is 2.35. The molecule has 4 N–H and O–H groups in total. The fourth-order valence-corrected chi connectivity index (χ4v) is 4.82. The number of benzene rings is 2. The minimum absolute atomic E-state index is 0.0101. The summed E-state index contributed by atoms with van der Waals surface area (Å²) >= 11 is 0. The molecule has 5 aromatic rings. The number of aliphatic hydroxyl groups is 1. The predicted octanol–water partition coefficient (Wildman–Crippen LogP) is 5.96. The molecule has 0 aliphatic carbocycles. The summed E-state index contributed by atoms with van der Waals surface area (Å²) in [7, 11) is 1.56. The van der Waals surface area contributed by atoms with Crippen molar-refractivity contribution in [3.05, 3.63) is 84.1 Å². The number of aromatic nitrogens is 5. The van der Waals surface area contributed by atoms with E-state index in [-0.39, 0.29) is 22.8 Å². The molecule has 4 heterocycles. The lowest BCUT2D eigenvalue weighted by Gasteiger charge is -2.32. The van der Waals surface area contributed by atoms with Crippen molar-refractivity contribution in [2.45, 2.75) is 25.1 Å². The summed E-state index contributed by atoms with van der Waals surface area (Å²) in [6, 6.07) is 9.29. The Kier molecular flexibility index (Phi) is 9.18. The van der Waals surface area contributed by atoms with Gasteiger partial charge in [0.05, 0.1) is 23.7 Å². The quantitative estimate of drug-likeness (QED) is 0.133. The van der Waals surface area contributed by atoms with Crippen molar-refractivity contribution in [3.8, 4) is 11.3 Å². The number of pyridine rings is 1. The third-order valence-electron chi connectivity index (χ3n) is 7.12. The second kappa shape index (κ2) is 13.2. The van der Waals surface area contributed by atoms with Gasteiger partial charge in [-0.1, -0.05) is 0 Å². The third kappa shape index (κ3) is 6.98. The first kappa shape index (κ1) is 31.3. The number of imidazole rings is 1. The number of aliphatic hydroxyl groups excluding tert-OH is 1. The van der Waals surface area contributed by atoms with Gasteiger partial charge in [-0.2, -0.15) is 13.2 Å². The fraction of sp³-hybridized carbons (Fsp3) is 0.233. The number of alkyl halides is 3. The largest absolute Gasteiger partial charge is 0.416 e. The smallest absolute Gasteiger partial charge is 0.393 e. The van der Waals surface area contributed by atoms with Gasteiger partial charge >= 0.3 is 6.18 Å². The number of piperidine rings is 1. The van der Waals surface area contributed by atoms with Crippen molar-refractivity contribution in [2.24, 2.45) is 0 Å². The number of rotatable bonds is 6. The molecule has 0 bridgehead atoms. The van der Waals surface area contributed by atoms with Crippen LogP contribution in [0.1, 0.15) is 28.8 Å². The summed E-state index contributed by atoms with van der Waals surface area (Å²) < 4.78 is 66.9. The van der Waals surface area contributed by atoms with Crippen LogP contribution in [0.5, 0.6) is 0 Å². The summed E-state index contributed by atoms with van der Waals surface area (Å²) in [5.41, 5.74) is 1.60. The zero-order valence-electron chi connectivity index (χ0n) is 23.7. The number of hydrogen-bond donors (Lipinski definition) is 4. The molecule has 1 aliphatic rings. The van der Waals surface area contributed by atoms with E-state index in [1.807, 2.05) is 0 Å². The van der Waals surface area contributed by atoms with Crippen LogP contribution in [0, 0.1) is 11.6 Å². The zero-order chi connectivity index (χ0) is 32.1. The summed E-state index contributed by atoms with van der Waals surface area (Å²) in [5.74, 6) is -1.21.